The lowest BCUT2D eigenvalue weighted by molar-refractivity contribution is 1.02. The van der Waals surface area contributed by atoms with E-state index in [9.17, 15) is 0 Å². The van der Waals surface area contributed by atoms with Crippen LogP contribution in [0.2, 0.25) is 0 Å². The second-order valence-corrected chi connectivity index (χ2v) is 5.83. The van der Waals surface area contributed by atoms with Gasteiger partial charge in [0.25, 0.3) is 0 Å². The van der Waals surface area contributed by atoms with Gasteiger partial charge in [-0.25, -0.2) is 0 Å². The van der Waals surface area contributed by atoms with Gasteiger partial charge in [0.2, 0.25) is 0 Å². The summed E-state index contributed by atoms with van der Waals surface area (Å²) in [4.78, 5) is 4.44. The maximum atomic E-state index is 4.44. The van der Waals surface area contributed by atoms with Crippen molar-refractivity contribution in [1.82, 2.24) is 4.98 Å². The van der Waals surface area contributed by atoms with Crippen molar-refractivity contribution in [2.24, 2.45) is 0 Å². The summed E-state index contributed by atoms with van der Waals surface area (Å²) >= 11 is 0. The Hall–Kier alpha value is -2.61. The molecule has 0 radical (unpaired) electrons. The number of fused-ring (bicyclic) bond motifs is 3. The molecule has 22 heavy (non-hydrogen) atoms. The van der Waals surface area contributed by atoms with Gasteiger partial charge in [-0.2, -0.15) is 0 Å². The molecule has 2 heteroatoms. The topological polar surface area (TPSA) is 24.9 Å². The average Bonchev–Trinajstić information content (AvgIpc) is 2.92. The first kappa shape index (κ1) is 13.1. The van der Waals surface area contributed by atoms with Crippen molar-refractivity contribution in [1.29, 1.82) is 0 Å². The minimum atomic E-state index is 0.762. The number of hydrogen-bond acceptors (Lipinski definition) is 2. The maximum Gasteiger partial charge on any atom is 0.0623 e. The largest absolute Gasteiger partial charge is 0.379 e. The highest BCUT2D eigenvalue weighted by Gasteiger charge is 2.17. The van der Waals surface area contributed by atoms with Crippen molar-refractivity contribution in [3.8, 4) is 11.1 Å². The van der Waals surface area contributed by atoms with Crippen LogP contribution >= 0.6 is 0 Å². The predicted molar refractivity (Wildman–Crippen MR) is 91.0 cm³/mol. The fraction of sp³-hybridized carbons (Fsp3) is 0.150. The zero-order chi connectivity index (χ0) is 14.9. The zero-order valence-electron chi connectivity index (χ0n) is 12.6. The molecule has 0 saturated heterocycles. The van der Waals surface area contributed by atoms with Crippen molar-refractivity contribution in [2.75, 3.05) is 5.32 Å². The van der Waals surface area contributed by atoms with Gasteiger partial charge in [0.05, 0.1) is 12.2 Å². The molecule has 1 aliphatic rings. The highest BCUT2D eigenvalue weighted by Crippen LogP contribution is 2.37. The summed E-state index contributed by atoms with van der Waals surface area (Å²) in [7, 11) is 0. The molecule has 1 heterocycles. The molecule has 0 amide bonds. The third-order valence-electron chi connectivity index (χ3n) is 4.37. The lowest BCUT2D eigenvalue weighted by atomic mass is 10.1. The lowest BCUT2D eigenvalue weighted by Crippen LogP contribution is -2.03. The van der Waals surface area contributed by atoms with Crippen molar-refractivity contribution >= 4 is 5.69 Å². The van der Waals surface area contributed by atoms with Gasteiger partial charge in [-0.05, 0) is 59.4 Å². The van der Waals surface area contributed by atoms with Gasteiger partial charge in [0.1, 0.15) is 0 Å². The van der Waals surface area contributed by atoms with Crippen LogP contribution < -0.4 is 5.32 Å². The van der Waals surface area contributed by atoms with E-state index in [2.05, 4.69) is 65.8 Å². The zero-order valence-corrected chi connectivity index (χ0v) is 12.6. The van der Waals surface area contributed by atoms with E-state index >= 15 is 0 Å². The van der Waals surface area contributed by atoms with E-state index in [1.807, 2.05) is 12.3 Å². The Bertz CT molecular complexity index is 837. The highest BCUT2D eigenvalue weighted by atomic mass is 14.9. The van der Waals surface area contributed by atoms with Gasteiger partial charge in [-0.1, -0.05) is 36.4 Å². The van der Waals surface area contributed by atoms with E-state index in [1.54, 1.807) is 0 Å². The van der Waals surface area contributed by atoms with E-state index < -0.39 is 0 Å². The molecule has 0 unspecified atom stereocenters. The van der Waals surface area contributed by atoms with E-state index in [1.165, 1.54) is 27.8 Å². The second kappa shape index (κ2) is 5.30. The molecule has 4 rings (SSSR count). The van der Waals surface area contributed by atoms with Crippen molar-refractivity contribution in [3.63, 3.8) is 0 Å². The smallest absolute Gasteiger partial charge is 0.0623 e. The molecule has 108 valence electrons. The molecule has 0 aliphatic heterocycles. The summed E-state index contributed by atoms with van der Waals surface area (Å²) < 4.78 is 0. The Kier molecular flexibility index (Phi) is 3.15. The Morgan fingerprint density at radius 2 is 1.82 bits per heavy atom. The minimum Gasteiger partial charge on any atom is -0.379 e. The molecular formula is C20H18N2. The number of nitrogens with zero attached hydrogens (tertiary/aromatic N) is 1. The Labute approximate surface area is 130 Å². The number of aryl methyl sites for hydroxylation is 1. The Morgan fingerprint density at radius 1 is 0.955 bits per heavy atom. The molecule has 0 saturated carbocycles. The highest BCUT2D eigenvalue weighted by molar-refractivity contribution is 5.78. The van der Waals surface area contributed by atoms with Crippen LogP contribution in [0.3, 0.4) is 0 Å². The van der Waals surface area contributed by atoms with E-state index in [0.717, 1.165) is 24.3 Å². The number of nitrogens with one attached hydrogen (secondary N) is 1. The third kappa shape index (κ3) is 2.27. The molecule has 2 nitrogen and oxygen atoms in total. The summed E-state index contributed by atoms with van der Waals surface area (Å²) in [6, 6.07) is 19.4. The molecule has 0 fully saturated rings. The van der Waals surface area contributed by atoms with Crippen LogP contribution in [0, 0.1) is 6.92 Å². The summed E-state index contributed by atoms with van der Waals surface area (Å²) in [6.07, 6.45) is 2.88. The first-order chi connectivity index (χ1) is 10.8. The SMILES string of the molecule is Cc1cccnc1CNc1ccc2c(c1)Cc1ccccc1-2. The standard InChI is InChI=1S/C20H18N2/c1-14-5-4-10-21-20(14)13-22-17-8-9-19-16(12-17)11-15-6-2-3-7-18(15)19/h2-10,12,22H,11,13H2,1H3. The number of aromatic nitrogens is 1. The molecule has 1 N–H and O–H groups in total. The van der Waals surface area contributed by atoms with E-state index in [4.69, 9.17) is 0 Å². The lowest BCUT2D eigenvalue weighted by Gasteiger charge is -2.10. The normalized spacial score (nSPS) is 11.9. The van der Waals surface area contributed by atoms with Crippen LogP contribution in [0.1, 0.15) is 22.4 Å². The fourth-order valence-electron chi connectivity index (χ4n) is 3.14. The number of rotatable bonds is 3. The number of pyridine rings is 1. The quantitative estimate of drug-likeness (QED) is 0.596. The van der Waals surface area contributed by atoms with Crippen LogP contribution in [0.25, 0.3) is 11.1 Å². The Morgan fingerprint density at radius 3 is 2.73 bits per heavy atom. The number of hydrogen-bond donors (Lipinski definition) is 1. The summed E-state index contributed by atoms with van der Waals surface area (Å²) in [5.41, 5.74) is 9.07. The molecule has 0 bridgehead atoms. The monoisotopic (exact) mass is 286 g/mol. The molecule has 0 atom stereocenters. The van der Waals surface area contributed by atoms with Crippen LogP contribution in [0.5, 0.6) is 0 Å². The van der Waals surface area contributed by atoms with Gasteiger partial charge >= 0.3 is 0 Å². The van der Waals surface area contributed by atoms with Crippen molar-refractivity contribution in [2.45, 2.75) is 19.9 Å². The summed E-state index contributed by atoms with van der Waals surface area (Å²) in [5, 5.41) is 3.50. The first-order valence-electron chi connectivity index (χ1n) is 7.67. The van der Waals surface area contributed by atoms with Crippen molar-refractivity contribution < 1.29 is 0 Å². The molecular weight excluding hydrogens is 268 g/mol. The van der Waals surface area contributed by atoms with E-state index in [-0.39, 0.29) is 0 Å². The molecule has 0 spiro atoms. The third-order valence-corrected chi connectivity index (χ3v) is 4.37. The number of benzene rings is 2. The second-order valence-electron chi connectivity index (χ2n) is 5.83. The predicted octanol–water partition coefficient (Wildman–Crippen LogP) is 4.57. The molecule has 3 aromatic rings. The molecule has 1 aliphatic carbocycles. The molecule has 2 aromatic carbocycles. The first-order valence-corrected chi connectivity index (χ1v) is 7.67. The van der Waals surface area contributed by atoms with E-state index in [0.29, 0.717) is 0 Å². The molecule has 1 aromatic heterocycles. The fourth-order valence-corrected chi connectivity index (χ4v) is 3.14. The van der Waals surface area contributed by atoms with Crippen LogP contribution in [0.4, 0.5) is 5.69 Å². The maximum absolute atomic E-state index is 4.44. The van der Waals surface area contributed by atoms with Gasteiger partial charge in [-0.3, -0.25) is 4.98 Å². The van der Waals surface area contributed by atoms with Gasteiger partial charge in [-0.15, -0.1) is 0 Å². The van der Waals surface area contributed by atoms with Crippen LogP contribution in [-0.4, -0.2) is 4.98 Å². The van der Waals surface area contributed by atoms with Gasteiger partial charge < -0.3 is 5.32 Å². The van der Waals surface area contributed by atoms with Gasteiger partial charge in [0, 0.05) is 11.9 Å². The van der Waals surface area contributed by atoms with Crippen LogP contribution in [-0.2, 0) is 13.0 Å². The summed E-state index contributed by atoms with van der Waals surface area (Å²) in [6.45, 7) is 2.86. The minimum absolute atomic E-state index is 0.762. The van der Waals surface area contributed by atoms with Crippen molar-refractivity contribution in [3.05, 3.63) is 83.2 Å². The van der Waals surface area contributed by atoms with Gasteiger partial charge in [0.15, 0.2) is 0 Å². The summed E-state index contributed by atoms with van der Waals surface area (Å²) in [5.74, 6) is 0. The van der Waals surface area contributed by atoms with Crippen LogP contribution in [0.15, 0.2) is 60.8 Å². The number of anilines is 1. The average molecular weight is 286 g/mol. The Balaban J connectivity index is 1.56.